The second-order valence-corrected chi connectivity index (χ2v) is 15.4. The van der Waals surface area contributed by atoms with Gasteiger partial charge in [-0.1, -0.05) is 129 Å². The van der Waals surface area contributed by atoms with E-state index in [1.165, 1.54) is 89.9 Å². The Hall–Kier alpha value is -2.23. The molecule has 320 valence electrons. The van der Waals surface area contributed by atoms with E-state index in [9.17, 15) is 14.4 Å². The average Bonchev–Trinajstić information content (AvgIpc) is 3.62. The van der Waals surface area contributed by atoms with Crippen LogP contribution < -0.4 is 0 Å². The molecule has 0 aromatic heterocycles. The molecule has 0 aliphatic carbocycles. The normalized spacial score (nSPS) is 17.1. The van der Waals surface area contributed by atoms with Gasteiger partial charge in [-0.15, -0.1) is 0 Å². The molecule has 0 amide bonds. The van der Waals surface area contributed by atoms with E-state index in [0.29, 0.717) is 38.9 Å². The van der Waals surface area contributed by atoms with Crippen molar-refractivity contribution in [1.82, 2.24) is 4.90 Å². The van der Waals surface area contributed by atoms with Crippen LogP contribution in [-0.4, -0.2) is 81.3 Å². The first-order valence-electron chi connectivity index (χ1n) is 22.7. The van der Waals surface area contributed by atoms with Gasteiger partial charge in [-0.25, -0.2) is 9.59 Å². The minimum Gasteiger partial charge on any atom is -0.464 e. The third kappa shape index (κ3) is 29.6. The number of hydrogen-bond donors (Lipinski definition) is 0. The van der Waals surface area contributed by atoms with Gasteiger partial charge in [0.05, 0.1) is 13.2 Å². The molecule has 9 heteroatoms. The summed E-state index contributed by atoms with van der Waals surface area (Å²) < 4.78 is 28.3. The molecule has 1 heterocycles. The van der Waals surface area contributed by atoms with Crippen molar-refractivity contribution in [2.75, 3.05) is 40.0 Å². The van der Waals surface area contributed by atoms with E-state index in [4.69, 9.17) is 23.7 Å². The average molecular weight is 778 g/mol. The highest BCUT2D eigenvalue weighted by atomic mass is 16.8. The largest absolute Gasteiger partial charge is 0.464 e. The maximum Gasteiger partial charge on any atom is 0.338 e. The van der Waals surface area contributed by atoms with Crippen molar-refractivity contribution in [2.45, 2.75) is 213 Å². The van der Waals surface area contributed by atoms with E-state index in [1.807, 2.05) is 6.08 Å². The summed E-state index contributed by atoms with van der Waals surface area (Å²) in [5.74, 6) is -1.38. The molecule has 0 radical (unpaired) electrons. The van der Waals surface area contributed by atoms with Gasteiger partial charge >= 0.3 is 17.9 Å². The zero-order valence-electron chi connectivity index (χ0n) is 35.9. The Labute approximate surface area is 337 Å². The summed E-state index contributed by atoms with van der Waals surface area (Å²) in [4.78, 5) is 40.5. The van der Waals surface area contributed by atoms with Crippen molar-refractivity contribution >= 4 is 17.9 Å². The molecule has 3 atom stereocenters. The van der Waals surface area contributed by atoms with E-state index in [1.54, 1.807) is 0 Å². The van der Waals surface area contributed by atoms with Crippen LogP contribution in [0.4, 0.5) is 0 Å². The number of rotatable bonds is 38. The van der Waals surface area contributed by atoms with Crippen LogP contribution in [0.5, 0.6) is 0 Å². The zero-order valence-corrected chi connectivity index (χ0v) is 35.9. The minimum atomic E-state index is -1.14. The molecule has 0 aromatic rings. The summed E-state index contributed by atoms with van der Waals surface area (Å²) in [7, 11) is 2.11. The molecule has 3 unspecified atom stereocenters. The Kier molecular flexibility index (Phi) is 34.5. The van der Waals surface area contributed by atoms with Crippen LogP contribution in [-0.2, 0) is 38.1 Å². The second-order valence-electron chi connectivity index (χ2n) is 15.4. The molecule has 1 saturated heterocycles. The number of unbranched alkanes of at least 4 members (excludes halogenated alkanes) is 20. The highest BCUT2D eigenvalue weighted by molar-refractivity contribution is 5.86. The Bertz CT molecular complexity index is 985. The van der Waals surface area contributed by atoms with Gasteiger partial charge in [-0.3, -0.25) is 4.79 Å². The SMILES string of the molecule is CCCCCC/C=C\COC(=O)CCCCCOC(=O)C1OC(CCCCCN(C)CC)OC1C(=O)OCCCCCCCC/C=C\CCCCCCCC. The van der Waals surface area contributed by atoms with Gasteiger partial charge in [0.2, 0.25) is 0 Å². The third-order valence-electron chi connectivity index (χ3n) is 10.3. The summed E-state index contributed by atoms with van der Waals surface area (Å²) >= 11 is 0. The van der Waals surface area contributed by atoms with Crippen molar-refractivity contribution in [3.63, 3.8) is 0 Å². The van der Waals surface area contributed by atoms with Crippen LogP contribution in [0.15, 0.2) is 24.3 Å². The molecule has 1 aliphatic rings. The summed E-state index contributed by atoms with van der Waals surface area (Å²) in [5.41, 5.74) is 0. The van der Waals surface area contributed by atoms with Gasteiger partial charge in [0.1, 0.15) is 6.61 Å². The molecule has 0 aromatic carbocycles. The molecule has 0 bridgehead atoms. The van der Waals surface area contributed by atoms with Gasteiger partial charge in [0.15, 0.2) is 18.5 Å². The second kappa shape index (κ2) is 37.4. The number of esters is 3. The van der Waals surface area contributed by atoms with Crippen molar-refractivity contribution in [3.8, 4) is 0 Å². The zero-order chi connectivity index (χ0) is 40.0. The summed E-state index contributed by atoms with van der Waals surface area (Å²) in [6, 6.07) is 0. The van der Waals surface area contributed by atoms with Gasteiger partial charge in [0.25, 0.3) is 0 Å². The maximum absolute atomic E-state index is 13.1. The summed E-state index contributed by atoms with van der Waals surface area (Å²) in [6.45, 7) is 9.44. The third-order valence-corrected chi connectivity index (χ3v) is 10.3. The lowest BCUT2D eigenvalue weighted by molar-refractivity contribution is -0.163. The number of nitrogens with zero attached hydrogens (tertiary/aromatic N) is 1. The summed E-state index contributed by atoms with van der Waals surface area (Å²) in [6.07, 6.45) is 34.5. The van der Waals surface area contributed by atoms with Gasteiger partial charge in [-0.2, -0.15) is 0 Å². The lowest BCUT2D eigenvalue weighted by atomic mass is 10.1. The Morgan fingerprint density at radius 1 is 0.527 bits per heavy atom. The molecule has 55 heavy (non-hydrogen) atoms. The topological polar surface area (TPSA) is 101 Å². The van der Waals surface area contributed by atoms with Crippen molar-refractivity contribution in [1.29, 1.82) is 0 Å². The number of carbonyl (C=O) groups is 3. The van der Waals surface area contributed by atoms with Gasteiger partial charge in [0, 0.05) is 6.42 Å². The predicted molar refractivity (Wildman–Crippen MR) is 224 cm³/mol. The van der Waals surface area contributed by atoms with Crippen molar-refractivity contribution in [3.05, 3.63) is 24.3 Å². The lowest BCUT2D eigenvalue weighted by Gasteiger charge is -2.15. The number of hydrogen-bond acceptors (Lipinski definition) is 9. The Balaban J connectivity index is 2.32. The van der Waals surface area contributed by atoms with E-state index in [-0.39, 0.29) is 12.6 Å². The fourth-order valence-electron chi connectivity index (χ4n) is 6.52. The summed E-state index contributed by atoms with van der Waals surface area (Å²) in [5, 5.41) is 0. The first-order chi connectivity index (χ1) is 26.9. The highest BCUT2D eigenvalue weighted by Crippen LogP contribution is 2.26. The van der Waals surface area contributed by atoms with Crippen molar-refractivity contribution < 1.29 is 38.1 Å². The predicted octanol–water partition coefficient (Wildman–Crippen LogP) is 11.4. The molecular weight excluding hydrogens is 695 g/mol. The molecule has 1 aliphatic heterocycles. The Morgan fingerprint density at radius 2 is 0.982 bits per heavy atom. The van der Waals surface area contributed by atoms with Crippen LogP contribution >= 0.6 is 0 Å². The number of carbonyl (C=O) groups excluding carboxylic acids is 3. The fraction of sp³-hybridized carbons (Fsp3) is 0.848. The first-order valence-corrected chi connectivity index (χ1v) is 22.7. The molecule has 0 saturated carbocycles. The van der Waals surface area contributed by atoms with Crippen LogP contribution in [0.3, 0.4) is 0 Å². The molecule has 0 spiro atoms. The van der Waals surface area contributed by atoms with E-state index >= 15 is 0 Å². The fourth-order valence-corrected chi connectivity index (χ4v) is 6.52. The van der Waals surface area contributed by atoms with Gasteiger partial charge < -0.3 is 28.6 Å². The van der Waals surface area contributed by atoms with Crippen LogP contribution in [0, 0.1) is 0 Å². The smallest absolute Gasteiger partial charge is 0.338 e. The van der Waals surface area contributed by atoms with E-state index in [0.717, 1.165) is 70.9 Å². The first kappa shape index (κ1) is 50.8. The number of allylic oxidation sites excluding steroid dienone is 3. The monoisotopic (exact) mass is 778 g/mol. The van der Waals surface area contributed by atoms with Crippen molar-refractivity contribution in [2.24, 2.45) is 0 Å². The van der Waals surface area contributed by atoms with Gasteiger partial charge in [-0.05, 0) is 104 Å². The molecule has 0 N–H and O–H groups in total. The van der Waals surface area contributed by atoms with E-state index < -0.39 is 30.4 Å². The quantitative estimate of drug-likeness (QED) is 0.0262. The standard InChI is InChI=1S/C46H83NO8/c1-5-8-10-12-14-15-16-17-18-19-20-21-22-24-26-33-39-52-45(49)43-44(55-42(54-43)36-30-27-31-37-47(4)7-3)46(50)53-40-34-28-29-35-41(48)51-38-32-25-23-13-11-9-6-2/h17-18,25,32,42-44H,5-16,19-24,26-31,33-40H2,1-4H3/b18-17-,32-25-. The maximum atomic E-state index is 13.1. The molecule has 1 fully saturated rings. The van der Waals surface area contributed by atoms with Crippen LogP contribution in [0.2, 0.25) is 0 Å². The van der Waals surface area contributed by atoms with E-state index in [2.05, 4.69) is 50.9 Å². The molecule has 9 nitrogen and oxygen atoms in total. The van der Waals surface area contributed by atoms with Crippen LogP contribution in [0.25, 0.3) is 0 Å². The van der Waals surface area contributed by atoms with Crippen LogP contribution in [0.1, 0.15) is 194 Å². The Morgan fingerprint density at radius 3 is 1.53 bits per heavy atom. The molecule has 1 rings (SSSR count). The number of ether oxygens (including phenoxy) is 5. The minimum absolute atomic E-state index is 0.182. The highest BCUT2D eigenvalue weighted by Gasteiger charge is 2.46. The molecular formula is C46H83NO8. The lowest BCUT2D eigenvalue weighted by Crippen LogP contribution is -2.39.